The maximum atomic E-state index is 11.2. The lowest BCUT2D eigenvalue weighted by Crippen LogP contribution is -2.53. The zero-order valence-electron chi connectivity index (χ0n) is 18.1. The first-order chi connectivity index (χ1) is 16.5. The highest BCUT2D eigenvalue weighted by Crippen LogP contribution is 2.39. The molecule has 0 atom stereocenters. The van der Waals surface area contributed by atoms with Crippen LogP contribution in [-0.4, -0.2) is 33.9 Å². The Balaban J connectivity index is 1.42. The van der Waals surface area contributed by atoms with Gasteiger partial charge in [-0.2, -0.15) is 0 Å². The first-order valence-electron chi connectivity index (χ1n) is 11.0. The molecular weight excluding hydrogens is 436 g/mol. The van der Waals surface area contributed by atoms with Gasteiger partial charge in [0.2, 0.25) is 5.96 Å². The number of fused-ring (bicyclic) bond motifs is 3. The Labute approximate surface area is 194 Å². The molecule has 0 radical (unpaired) electrons. The van der Waals surface area contributed by atoms with E-state index >= 15 is 0 Å². The number of benzene rings is 3. The van der Waals surface area contributed by atoms with Gasteiger partial charge in [-0.1, -0.05) is 18.2 Å². The number of hydrogen-bond acceptors (Lipinski definition) is 8. The van der Waals surface area contributed by atoms with Crippen LogP contribution in [0.5, 0.6) is 0 Å². The quantitative estimate of drug-likeness (QED) is 0.426. The number of anilines is 2. The Bertz CT molecular complexity index is 1390. The van der Waals surface area contributed by atoms with Crippen molar-refractivity contribution >= 4 is 34.4 Å². The Hall–Kier alpha value is -4.47. The molecule has 3 aromatic carbocycles. The molecule has 3 heterocycles. The standard InChI is InChI=1S/C24H20N6O4/c31-29(32)19-5-7-22-16(13-19)9-11-26(22)24-25-21-4-2-1-3-18(21)15-28(24)27-12-10-17-14-20(30(33)34)6-8-23(17)27/h1-8,13-14H,9-12,15H2. The summed E-state index contributed by atoms with van der Waals surface area (Å²) in [5.41, 5.74) is 5.87. The minimum absolute atomic E-state index is 0.0865. The van der Waals surface area contributed by atoms with Gasteiger partial charge in [-0.05, 0) is 47.7 Å². The molecule has 34 heavy (non-hydrogen) atoms. The van der Waals surface area contributed by atoms with Crippen LogP contribution in [-0.2, 0) is 19.4 Å². The van der Waals surface area contributed by atoms with E-state index < -0.39 is 0 Å². The molecule has 10 nitrogen and oxygen atoms in total. The third-order valence-corrected chi connectivity index (χ3v) is 6.61. The number of nitro groups is 2. The fraction of sp³-hybridized carbons (Fsp3) is 0.208. The summed E-state index contributed by atoms with van der Waals surface area (Å²) in [5, 5.41) is 26.7. The van der Waals surface area contributed by atoms with Gasteiger partial charge in [0.15, 0.2) is 0 Å². The third kappa shape index (κ3) is 3.14. The second-order valence-electron chi connectivity index (χ2n) is 8.51. The van der Waals surface area contributed by atoms with Crippen molar-refractivity contribution in [3.05, 3.63) is 97.6 Å². The van der Waals surface area contributed by atoms with Gasteiger partial charge in [-0.15, -0.1) is 0 Å². The van der Waals surface area contributed by atoms with Gasteiger partial charge in [-0.3, -0.25) is 25.2 Å². The smallest absolute Gasteiger partial charge is 0.269 e. The lowest BCUT2D eigenvalue weighted by molar-refractivity contribution is -0.385. The third-order valence-electron chi connectivity index (χ3n) is 6.61. The van der Waals surface area contributed by atoms with E-state index in [1.165, 1.54) is 12.1 Å². The Morgan fingerprint density at radius 1 is 0.735 bits per heavy atom. The molecule has 0 spiro atoms. The molecule has 0 saturated heterocycles. The van der Waals surface area contributed by atoms with Crippen LogP contribution in [0, 0.1) is 20.2 Å². The summed E-state index contributed by atoms with van der Waals surface area (Å²) in [6.07, 6.45) is 1.39. The van der Waals surface area contributed by atoms with Crippen molar-refractivity contribution in [2.75, 3.05) is 23.0 Å². The summed E-state index contributed by atoms with van der Waals surface area (Å²) in [5.74, 6) is 0.748. The minimum atomic E-state index is -0.371. The van der Waals surface area contributed by atoms with Crippen molar-refractivity contribution in [1.82, 2.24) is 5.01 Å². The number of nitrogens with zero attached hydrogens (tertiary/aromatic N) is 6. The molecule has 0 unspecified atom stereocenters. The zero-order valence-corrected chi connectivity index (χ0v) is 18.1. The molecule has 170 valence electrons. The van der Waals surface area contributed by atoms with Gasteiger partial charge in [0.05, 0.1) is 27.8 Å². The number of hydrazine groups is 1. The summed E-state index contributed by atoms with van der Waals surface area (Å²) < 4.78 is 0. The zero-order chi connectivity index (χ0) is 23.4. The molecule has 3 aliphatic rings. The molecule has 0 N–H and O–H groups in total. The van der Waals surface area contributed by atoms with Crippen LogP contribution >= 0.6 is 0 Å². The van der Waals surface area contributed by atoms with Crippen LogP contribution in [0.15, 0.2) is 65.7 Å². The van der Waals surface area contributed by atoms with Crippen molar-refractivity contribution in [3.8, 4) is 0 Å². The van der Waals surface area contributed by atoms with Gasteiger partial charge in [0.1, 0.15) is 0 Å². The second kappa shape index (κ2) is 7.55. The maximum absolute atomic E-state index is 11.2. The predicted molar refractivity (Wildman–Crippen MR) is 127 cm³/mol. The van der Waals surface area contributed by atoms with E-state index in [4.69, 9.17) is 4.99 Å². The van der Waals surface area contributed by atoms with E-state index in [0.29, 0.717) is 32.5 Å². The average molecular weight is 456 g/mol. The average Bonchev–Trinajstić information content (AvgIpc) is 3.46. The lowest BCUT2D eigenvalue weighted by atomic mass is 10.1. The molecule has 0 bridgehead atoms. The number of rotatable bonds is 3. The molecule has 0 saturated carbocycles. The summed E-state index contributed by atoms with van der Waals surface area (Å²) in [4.78, 5) is 28.9. The minimum Gasteiger partial charge on any atom is -0.310 e. The molecule has 0 aliphatic carbocycles. The van der Waals surface area contributed by atoms with Gasteiger partial charge in [0, 0.05) is 43.0 Å². The van der Waals surface area contributed by atoms with Crippen molar-refractivity contribution in [1.29, 1.82) is 0 Å². The number of nitro benzene ring substituents is 2. The fourth-order valence-electron chi connectivity index (χ4n) is 4.99. The first-order valence-corrected chi connectivity index (χ1v) is 11.0. The van der Waals surface area contributed by atoms with Crippen molar-refractivity contribution in [2.24, 2.45) is 4.99 Å². The van der Waals surface area contributed by atoms with E-state index in [2.05, 4.69) is 21.0 Å². The number of hydrogen-bond donors (Lipinski definition) is 0. The van der Waals surface area contributed by atoms with Crippen LogP contribution in [0.1, 0.15) is 16.7 Å². The molecule has 6 rings (SSSR count). The summed E-state index contributed by atoms with van der Waals surface area (Å²) in [6.45, 7) is 1.94. The summed E-state index contributed by atoms with van der Waals surface area (Å²) >= 11 is 0. The normalized spacial score (nSPS) is 16.1. The van der Waals surface area contributed by atoms with E-state index in [9.17, 15) is 20.2 Å². The second-order valence-corrected chi connectivity index (χ2v) is 8.51. The highest BCUT2D eigenvalue weighted by molar-refractivity contribution is 6.01. The topological polar surface area (TPSA) is 108 Å². The van der Waals surface area contributed by atoms with Crippen LogP contribution < -0.4 is 9.91 Å². The molecule has 3 aliphatic heterocycles. The van der Waals surface area contributed by atoms with Gasteiger partial charge >= 0.3 is 0 Å². The Morgan fingerprint density at radius 3 is 2.12 bits per heavy atom. The van der Waals surface area contributed by atoms with Crippen LogP contribution in [0.2, 0.25) is 0 Å². The van der Waals surface area contributed by atoms with Crippen LogP contribution in [0.4, 0.5) is 28.4 Å². The Morgan fingerprint density at radius 2 is 1.38 bits per heavy atom. The van der Waals surface area contributed by atoms with Gasteiger partial charge in [-0.25, -0.2) is 10.0 Å². The lowest BCUT2D eigenvalue weighted by Gasteiger charge is -2.41. The molecular formula is C24H20N6O4. The van der Waals surface area contributed by atoms with Crippen molar-refractivity contribution in [3.63, 3.8) is 0 Å². The highest BCUT2D eigenvalue weighted by atomic mass is 16.6. The van der Waals surface area contributed by atoms with Gasteiger partial charge in [0.25, 0.3) is 11.4 Å². The highest BCUT2D eigenvalue weighted by Gasteiger charge is 2.36. The van der Waals surface area contributed by atoms with Gasteiger partial charge < -0.3 is 4.90 Å². The van der Waals surface area contributed by atoms with Crippen molar-refractivity contribution < 1.29 is 9.85 Å². The van der Waals surface area contributed by atoms with E-state index in [-0.39, 0.29) is 21.2 Å². The summed E-state index contributed by atoms with van der Waals surface area (Å²) in [7, 11) is 0. The van der Waals surface area contributed by atoms with Crippen molar-refractivity contribution in [2.45, 2.75) is 19.4 Å². The van der Waals surface area contributed by atoms with Crippen LogP contribution in [0.3, 0.4) is 0 Å². The number of guanidine groups is 1. The number of aliphatic imine (C=N–C) groups is 1. The molecule has 3 aromatic rings. The fourth-order valence-corrected chi connectivity index (χ4v) is 4.99. The maximum Gasteiger partial charge on any atom is 0.269 e. The van der Waals surface area contributed by atoms with E-state index in [1.54, 1.807) is 24.3 Å². The van der Waals surface area contributed by atoms with E-state index in [0.717, 1.165) is 39.7 Å². The predicted octanol–water partition coefficient (Wildman–Crippen LogP) is 4.35. The summed E-state index contributed by atoms with van der Waals surface area (Å²) in [6, 6.07) is 17.9. The largest absolute Gasteiger partial charge is 0.310 e. The molecule has 0 amide bonds. The number of para-hydroxylation sites is 1. The Kier molecular flexibility index (Phi) is 4.47. The SMILES string of the molecule is O=[N+]([O-])c1ccc2c(c1)CCN2C1=Nc2ccccc2CN1N1CCc2cc([N+](=O)[O-])ccc21. The molecule has 0 fully saturated rings. The molecule has 0 aromatic heterocycles. The molecule has 10 heteroatoms. The first kappa shape index (κ1) is 20.2. The van der Waals surface area contributed by atoms with E-state index in [1.807, 2.05) is 18.2 Å². The van der Waals surface area contributed by atoms with Crippen LogP contribution in [0.25, 0.3) is 0 Å². The monoisotopic (exact) mass is 456 g/mol. The number of non-ortho nitro benzene ring substituents is 2.